The molecule has 0 spiro atoms. The van der Waals surface area contributed by atoms with E-state index in [1.165, 1.54) is 12.1 Å². The number of hydrogen-bond acceptors (Lipinski definition) is 9. The number of pyridine rings is 1. The van der Waals surface area contributed by atoms with E-state index in [4.69, 9.17) is 10.5 Å². The van der Waals surface area contributed by atoms with Gasteiger partial charge in [-0.3, -0.25) is 14.6 Å². The van der Waals surface area contributed by atoms with Crippen molar-refractivity contribution < 1.29 is 23.5 Å². The summed E-state index contributed by atoms with van der Waals surface area (Å²) in [5, 5.41) is 6.19. The third kappa shape index (κ3) is 6.84. The molecule has 1 aliphatic rings. The van der Waals surface area contributed by atoms with Gasteiger partial charge >= 0.3 is 12.1 Å². The number of nitrogens with two attached hydrogens (primary N) is 1. The Morgan fingerprint density at radius 1 is 0.976 bits per heavy atom. The van der Waals surface area contributed by atoms with Crippen molar-refractivity contribution in [2.45, 2.75) is 19.3 Å². The first kappa shape index (κ1) is 28.1. The van der Waals surface area contributed by atoms with Gasteiger partial charge in [0.25, 0.3) is 5.91 Å². The minimum Gasteiger partial charge on any atom is -0.376 e. The predicted molar refractivity (Wildman–Crippen MR) is 153 cm³/mol. The minimum absolute atomic E-state index is 0.0640. The summed E-state index contributed by atoms with van der Waals surface area (Å²) in [5.74, 6) is -0.508. The molecule has 42 heavy (non-hydrogen) atoms. The minimum atomic E-state index is -1.18. The number of amides is 2. The second-order valence-corrected chi connectivity index (χ2v) is 9.96. The number of carbonyl (C=O) groups is 3. The van der Waals surface area contributed by atoms with Gasteiger partial charge in [-0.2, -0.15) is 4.98 Å². The zero-order valence-corrected chi connectivity index (χ0v) is 22.5. The van der Waals surface area contributed by atoms with E-state index in [9.17, 15) is 18.8 Å². The molecule has 0 radical (unpaired) electrons. The number of likely N-dealkylation sites (tertiary alicyclic amines) is 1. The number of anilines is 4. The number of primary amides is 1. The van der Waals surface area contributed by atoms with Gasteiger partial charge in [0, 0.05) is 48.6 Å². The molecule has 2 aromatic carbocycles. The van der Waals surface area contributed by atoms with Gasteiger partial charge in [0.2, 0.25) is 5.95 Å². The van der Waals surface area contributed by atoms with Gasteiger partial charge in [0.1, 0.15) is 11.6 Å². The summed E-state index contributed by atoms with van der Waals surface area (Å²) in [6.45, 7) is 0.508. The molecular weight excluding hydrogens is 541 g/mol. The third-order valence-corrected chi connectivity index (χ3v) is 6.92. The maximum Gasteiger partial charge on any atom is 0.412 e. The van der Waals surface area contributed by atoms with Crippen molar-refractivity contribution in [2.75, 3.05) is 23.7 Å². The Kier molecular flexibility index (Phi) is 8.32. The van der Waals surface area contributed by atoms with Crippen LogP contribution in [-0.4, -0.2) is 50.9 Å². The number of halogens is 1. The van der Waals surface area contributed by atoms with E-state index in [-0.39, 0.29) is 24.7 Å². The molecule has 2 amide bonds. The molecule has 4 N–H and O–H groups in total. The lowest BCUT2D eigenvalue weighted by Crippen LogP contribution is -2.52. The molecule has 1 unspecified atom stereocenters. The largest absolute Gasteiger partial charge is 0.412 e. The van der Waals surface area contributed by atoms with Crippen LogP contribution < -0.4 is 16.4 Å². The fourth-order valence-electron chi connectivity index (χ4n) is 4.96. The van der Waals surface area contributed by atoms with Gasteiger partial charge in [0.05, 0.1) is 5.41 Å². The molecule has 3 heterocycles. The average Bonchev–Trinajstić information content (AvgIpc) is 2.99. The number of nitrogens with one attached hydrogen (secondary N) is 2. The smallest absolute Gasteiger partial charge is 0.376 e. The van der Waals surface area contributed by atoms with Crippen molar-refractivity contribution >= 4 is 41.1 Å². The molecule has 5 rings (SSSR count). The van der Waals surface area contributed by atoms with Crippen molar-refractivity contribution in [3.63, 3.8) is 0 Å². The Morgan fingerprint density at radius 2 is 1.71 bits per heavy atom. The number of esters is 1. The number of rotatable bonds is 8. The molecule has 12 heteroatoms. The van der Waals surface area contributed by atoms with Crippen LogP contribution in [0, 0.1) is 11.2 Å². The van der Waals surface area contributed by atoms with Gasteiger partial charge in [-0.05, 0) is 85.5 Å². The summed E-state index contributed by atoms with van der Waals surface area (Å²) in [7, 11) is 0. The zero-order valence-electron chi connectivity index (χ0n) is 22.5. The van der Waals surface area contributed by atoms with Crippen LogP contribution in [0.1, 0.15) is 28.8 Å². The van der Waals surface area contributed by atoms with Crippen molar-refractivity contribution in [3.05, 3.63) is 102 Å². The maximum absolute atomic E-state index is 13.5. The van der Waals surface area contributed by atoms with E-state index in [1.807, 2.05) is 6.07 Å². The summed E-state index contributed by atoms with van der Waals surface area (Å²) >= 11 is 0. The van der Waals surface area contributed by atoms with Crippen molar-refractivity contribution in [2.24, 2.45) is 11.1 Å². The van der Waals surface area contributed by atoms with Crippen LogP contribution >= 0.6 is 0 Å². The van der Waals surface area contributed by atoms with Gasteiger partial charge < -0.3 is 26.0 Å². The molecule has 0 aliphatic carbocycles. The summed E-state index contributed by atoms with van der Waals surface area (Å²) in [6.07, 6.45) is 4.88. The number of aromatic nitrogens is 3. The molecule has 0 saturated carbocycles. The lowest BCUT2D eigenvalue weighted by atomic mass is 9.75. The Bertz CT molecular complexity index is 1570. The number of piperidine rings is 1. The quantitative estimate of drug-likeness (QED) is 0.204. The number of nitrogens with zero attached hydrogens (tertiary/aromatic N) is 4. The number of hydrogen-bond donors (Lipinski definition) is 3. The lowest BCUT2D eigenvalue weighted by molar-refractivity contribution is -0.151. The highest BCUT2D eigenvalue weighted by Crippen LogP contribution is 2.36. The van der Waals surface area contributed by atoms with Crippen molar-refractivity contribution in [3.8, 4) is 0 Å². The third-order valence-electron chi connectivity index (χ3n) is 6.92. The van der Waals surface area contributed by atoms with Crippen LogP contribution in [0.4, 0.5) is 32.3 Å². The predicted octanol–water partition coefficient (Wildman–Crippen LogP) is 4.58. The molecule has 1 saturated heterocycles. The maximum atomic E-state index is 13.5. The van der Waals surface area contributed by atoms with E-state index < -0.39 is 17.5 Å². The topological polar surface area (TPSA) is 152 Å². The molecule has 1 aliphatic heterocycles. The SMILES string of the molecule is NC(=O)OC(=O)C1(Cc2cccnc2)CCCN(C(=O)c2ccc(Nc3nccc(Nc4ccc(F)cc4)n3)cc2)C1. The van der Waals surface area contributed by atoms with E-state index in [0.717, 1.165) is 5.56 Å². The molecule has 2 aromatic heterocycles. The molecular formula is C30H28FN7O4. The molecule has 1 fully saturated rings. The Hall–Kier alpha value is -5.39. The van der Waals surface area contributed by atoms with Crippen LogP contribution in [0.5, 0.6) is 0 Å². The summed E-state index contributed by atoms with van der Waals surface area (Å²) in [6, 6.07) is 18.0. The van der Waals surface area contributed by atoms with Gasteiger partial charge in [-0.15, -0.1) is 0 Å². The second kappa shape index (κ2) is 12.4. The van der Waals surface area contributed by atoms with Crippen molar-refractivity contribution in [1.82, 2.24) is 19.9 Å². The highest BCUT2D eigenvalue weighted by molar-refractivity contribution is 5.95. The number of carbonyl (C=O) groups excluding carboxylic acids is 3. The molecule has 1 atom stereocenters. The fourth-order valence-corrected chi connectivity index (χ4v) is 4.96. The number of ether oxygens (including phenoxy) is 1. The van der Waals surface area contributed by atoms with Crippen LogP contribution in [0.15, 0.2) is 85.3 Å². The van der Waals surface area contributed by atoms with Crippen LogP contribution in [0.3, 0.4) is 0 Å². The summed E-state index contributed by atoms with van der Waals surface area (Å²) in [5.41, 5.74) is 6.54. The average molecular weight is 570 g/mol. The Morgan fingerprint density at radius 3 is 2.43 bits per heavy atom. The molecule has 11 nitrogen and oxygen atoms in total. The zero-order chi connectivity index (χ0) is 29.5. The highest BCUT2D eigenvalue weighted by Gasteiger charge is 2.45. The molecule has 214 valence electrons. The molecule has 0 bridgehead atoms. The van der Waals surface area contributed by atoms with Gasteiger partial charge in [-0.1, -0.05) is 6.07 Å². The highest BCUT2D eigenvalue weighted by atomic mass is 19.1. The monoisotopic (exact) mass is 569 g/mol. The normalized spacial score (nSPS) is 16.4. The van der Waals surface area contributed by atoms with Crippen molar-refractivity contribution in [1.29, 1.82) is 0 Å². The number of benzene rings is 2. The van der Waals surface area contributed by atoms with Crippen LogP contribution in [0.2, 0.25) is 0 Å². The first-order valence-corrected chi connectivity index (χ1v) is 13.2. The van der Waals surface area contributed by atoms with Crippen LogP contribution in [-0.2, 0) is 16.0 Å². The van der Waals surface area contributed by atoms with E-state index in [0.29, 0.717) is 48.1 Å². The van der Waals surface area contributed by atoms with Gasteiger partial charge in [0.15, 0.2) is 0 Å². The summed E-state index contributed by atoms with van der Waals surface area (Å²) in [4.78, 5) is 52.3. The van der Waals surface area contributed by atoms with Crippen LogP contribution in [0.25, 0.3) is 0 Å². The standard InChI is InChI=1S/C30H28FN7O4/c31-22-6-10-23(11-7-22)35-25-12-15-34-29(37-25)36-24-8-4-21(5-9-24)26(39)38-16-2-13-30(19-38,27(40)42-28(32)41)17-20-3-1-14-33-18-20/h1,3-12,14-15,18H,2,13,16-17,19H2,(H2,32,41)(H2,34,35,36,37). The van der Waals surface area contributed by atoms with E-state index >= 15 is 0 Å². The van der Waals surface area contributed by atoms with Gasteiger partial charge in [-0.25, -0.2) is 14.2 Å². The second-order valence-electron chi connectivity index (χ2n) is 9.96. The first-order valence-electron chi connectivity index (χ1n) is 13.2. The fraction of sp³-hybridized carbons (Fsp3) is 0.200. The van der Waals surface area contributed by atoms with E-state index in [1.54, 1.807) is 72.0 Å². The summed E-state index contributed by atoms with van der Waals surface area (Å²) < 4.78 is 18.0. The Balaban J connectivity index is 1.27. The first-order chi connectivity index (χ1) is 20.3. The Labute approximate surface area is 241 Å². The lowest BCUT2D eigenvalue weighted by Gasteiger charge is -2.40. The van der Waals surface area contributed by atoms with E-state index in [2.05, 4.69) is 25.6 Å². The molecule has 4 aromatic rings.